The molecular formula is C10H17N5O2. The molecule has 0 unspecified atom stereocenters. The molecule has 0 aliphatic carbocycles. The molecule has 0 saturated carbocycles. The van der Waals surface area contributed by atoms with E-state index in [4.69, 9.17) is 0 Å². The van der Waals surface area contributed by atoms with Crippen molar-refractivity contribution in [2.24, 2.45) is 4.99 Å². The lowest BCUT2D eigenvalue weighted by molar-refractivity contribution is -0.135. The summed E-state index contributed by atoms with van der Waals surface area (Å²) in [6.07, 6.45) is 0. The molecule has 7 heteroatoms. The molecule has 2 rings (SSSR count). The van der Waals surface area contributed by atoms with Crippen LogP contribution < -0.4 is 10.6 Å². The standard InChI is InChI=1S/C10H17N5O2/c1-14-4-6-15(7-5-14)3-2-11-10-12-8(16)9(17)13-10/h2-7H2,1H3,(H2,11,12,13,16,17). The Morgan fingerprint density at radius 1 is 1.12 bits per heavy atom. The SMILES string of the molecule is CN1CCN(CCN=C2NC(=O)C(=O)N2)CC1. The topological polar surface area (TPSA) is 77.0 Å². The number of carbonyl (C=O) groups is 2. The van der Waals surface area contributed by atoms with Crippen LogP contribution in [-0.2, 0) is 9.59 Å². The average molecular weight is 239 g/mol. The van der Waals surface area contributed by atoms with Gasteiger partial charge in [0, 0.05) is 32.7 Å². The molecule has 94 valence electrons. The summed E-state index contributed by atoms with van der Waals surface area (Å²) in [6.45, 7) is 5.66. The summed E-state index contributed by atoms with van der Waals surface area (Å²) >= 11 is 0. The van der Waals surface area contributed by atoms with E-state index >= 15 is 0 Å². The number of nitrogens with zero attached hydrogens (tertiary/aromatic N) is 3. The van der Waals surface area contributed by atoms with Gasteiger partial charge in [-0.05, 0) is 7.05 Å². The Kier molecular flexibility index (Phi) is 3.70. The largest absolute Gasteiger partial charge is 0.316 e. The zero-order chi connectivity index (χ0) is 12.3. The van der Waals surface area contributed by atoms with Crippen LogP contribution in [0.2, 0.25) is 0 Å². The molecule has 0 aromatic heterocycles. The third-order valence-corrected chi connectivity index (χ3v) is 2.95. The normalized spacial score (nSPS) is 22.5. The first-order chi connectivity index (χ1) is 8.15. The lowest BCUT2D eigenvalue weighted by atomic mass is 10.3. The smallest absolute Gasteiger partial charge is 0.304 e. The molecule has 0 aromatic rings. The van der Waals surface area contributed by atoms with Crippen molar-refractivity contribution in [1.29, 1.82) is 0 Å². The Morgan fingerprint density at radius 2 is 1.71 bits per heavy atom. The highest BCUT2D eigenvalue weighted by molar-refractivity contribution is 6.45. The third kappa shape index (κ3) is 3.24. The van der Waals surface area contributed by atoms with Crippen LogP contribution in [0.15, 0.2) is 4.99 Å². The number of aliphatic imine (C=N–C) groups is 1. The van der Waals surface area contributed by atoms with Crippen molar-refractivity contribution in [3.05, 3.63) is 0 Å². The van der Waals surface area contributed by atoms with Crippen LogP contribution in [0.4, 0.5) is 0 Å². The van der Waals surface area contributed by atoms with Crippen molar-refractivity contribution < 1.29 is 9.59 Å². The first-order valence-electron chi connectivity index (χ1n) is 5.73. The number of hydrogen-bond donors (Lipinski definition) is 2. The summed E-state index contributed by atoms with van der Waals surface area (Å²) in [6, 6.07) is 0. The molecule has 2 N–H and O–H groups in total. The number of rotatable bonds is 3. The fourth-order valence-electron chi connectivity index (χ4n) is 1.81. The molecule has 0 radical (unpaired) electrons. The molecule has 2 fully saturated rings. The Bertz CT molecular complexity index is 329. The van der Waals surface area contributed by atoms with Gasteiger partial charge in [0.1, 0.15) is 0 Å². The minimum atomic E-state index is -0.636. The maximum Gasteiger partial charge on any atom is 0.316 e. The van der Waals surface area contributed by atoms with Gasteiger partial charge in [-0.3, -0.25) is 30.1 Å². The highest BCUT2D eigenvalue weighted by Gasteiger charge is 2.24. The van der Waals surface area contributed by atoms with Gasteiger partial charge in [0.25, 0.3) is 0 Å². The molecule has 0 bridgehead atoms. The van der Waals surface area contributed by atoms with Crippen molar-refractivity contribution in [2.45, 2.75) is 0 Å². The molecule has 0 atom stereocenters. The number of nitrogens with one attached hydrogen (secondary N) is 2. The second-order valence-corrected chi connectivity index (χ2v) is 4.28. The molecule has 2 aliphatic heterocycles. The van der Waals surface area contributed by atoms with E-state index in [1.165, 1.54) is 0 Å². The lowest BCUT2D eigenvalue weighted by Crippen LogP contribution is -2.45. The predicted octanol–water partition coefficient (Wildman–Crippen LogP) is -2.16. The van der Waals surface area contributed by atoms with E-state index in [1.807, 2.05) is 0 Å². The van der Waals surface area contributed by atoms with Crippen LogP contribution in [-0.4, -0.2) is 73.9 Å². The fraction of sp³-hybridized carbons (Fsp3) is 0.700. The zero-order valence-electron chi connectivity index (χ0n) is 9.90. The van der Waals surface area contributed by atoms with Crippen LogP contribution in [0, 0.1) is 0 Å². The molecule has 7 nitrogen and oxygen atoms in total. The van der Waals surface area contributed by atoms with Crippen LogP contribution in [0.1, 0.15) is 0 Å². The third-order valence-electron chi connectivity index (χ3n) is 2.95. The quantitative estimate of drug-likeness (QED) is 0.550. The van der Waals surface area contributed by atoms with Crippen molar-refractivity contribution in [2.75, 3.05) is 46.3 Å². The summed E-state index contributed by atoms with van der Waals surface area (Å²) in [4.78, 5) is 30.5. The van der Waals surface area contributed by atoms with Gasteiger partial charge >= 0.3 is 11.8 Å². The van der Waals surface area contributed by atoms with Crippen LogP contribution >= 0.6 is 0 Å². The maximum atomic E-state index is 10.9. The van der Waals surface area contributed by atoms with Gasteiger partial charge in [0.05, 0.1) is 6.54 Å². The van der Waals surface area contributed by atoms with Gasteiger partial charge < -0.3 is 4.90 Å². The predicted molar refractivity (Wildman–Crippen MR) is 62.5 cm³/mol. The van der Waals surface area contributed by atoms with Crippen molar-refractivity contribution in [3.63, 3.8) is 0 Å². The monoisotopic (exact) mass is 239 g/mol. The lowest BCUT2D eigenvalue weighted by Gasteiger charge is -2.31. The number of likely N-dealkylation sites (N-methyl/N-ethyl adjacent to an activating group) is 1. The Labute approximate surface area is 99.8 Å². The Balaban J connectivity index is 1.71. The van der Waals surface area contributed by atoms with Gasteiger partial charge in [0.15, 0.2) is 0 Å². The van der Waals surface area contributed by atoms with Crippen molar-refractivity contribution in [3.8, 4) is 0 Å². The van der Waals surface area contributed by atoms with E-state index in [2.05, 4.69) is 32.5 Å². The molecule has 17 heavy (non-hydrogen) atoms. The first kappa shape index (κ1) is 12.0. The molecule has 0 aromatic carbocycles. The van der Waals surface area contributed by atoms with E-state index in [1.54, 1.807) is 0 Å². The summed E-state index contributed by atoms with van der Waals surface area (Å²) in [5.41, 5.74) is 0. The second-order valence-electron chi connectivity index (χ2n) is 4.28. The summed E-state index contributed by atoms with van der Waals surface area (Å²) in [5.74, 6) is -0.999. The first-order valence-corrected chi connectivity index (χ1v) is 5.73. The number of hydrogen-bond acceptors (Lipinski definition) is 5. The fourth-order valence-corrected chi connectivity index (χ4v) is 1.81. The second kappa shape index (κ2) is 5.24. The van der Waals surface area contributed by atoms with E-state index in [0.717, 1.165) is 32.7 Å². The van der Waals surface area contributed by atoms with Gasteiger partial charge in [-0.15, -0.1) is 0 Å². The zero-order valence-corrected chi connectivity index (χ0v) is 9.90. The highest BCUT2D eigenvalue weighted by atomic mass is 16.2. The number of amides is 2. The summed E-state index contributed by atoms with van der Waals surface area (Å²) in [7, 11) is 2.11. The molecule has 2 amide bonds. The molecule has 2 aliphatic rings. The van der Waals surface area contributed by atoms with Crippen LogP contribution in [0.5, 0.6) is 0 Å². The Hall–Kier alpha value is -1.47. The van der Waals surface area contributed by atoms with E-state index < -0.39 is 11.8 Å². The minimum absolute atomic E-state index is 0.272. The molecule has 2 heterocycles. The summed E-state index contributed by atoms with van der Waals surface area (Å²) < 4.78 is 0. The minimum Gasteiger partial charge on any atom is -0.304 e. The van der Waals surface area contributed by atoms with Crippen molar-refractivity contribution >= 4 is 17.8 Å². The van der Waals surface area contributed by atoms with Gasteiger partial charge in [-0.2, -0.15) is 0 Å². The van der Waals surface area contributed by atoms with Crippen LogP contribution in [0.3, 0.4) is 0 Å². The maximum absolute atomic E-state index is 10.9. The number of carbonyl (C=O) groups excluding carboxylic acids is 2. The van der Waals surface area contributed by atoms with E-state index in [-0.39, 0.29) is 5.96 Å². The van der Waals surface area contributed by atoms with Crippen LogP contribution in [0.25, 0.3) is 0 Å². The van der Waals surface area contributed by atoms with E-state index in [0.29, 0.717) is 6.54 Å². The molecular weight excluding hydrogens is 222 g/mol. The van der Waals surface area contributed by atoms with E-state index in [9.17, 15) is 9.59 Å². The van der Waals surface area contributed by atoms with Crippen molar-refractivity contribution in [1.82, 2.24) is 20.4 Å². The number of guanidine groups is 1. The molecule has 2 saturated heterocycles. The molecule has 0 spiro atoms. The Morgan fingerprint density at radius 3 is 2.29 bits per heavy atom. The van der Waals surface area contributed by atoms with Gasteiger partial charge in [0.2, 0.25) is 5.96 Å². The number of piperazine rings is 1. The highest BCUT2D eigenvalue weighted by Crippen LogP contribution is 1.98. The van der Waals surface area contributed by atoms with Gasteiger partial charge in [-0.25, -0.2) is 0 Å². The summed E-state index contributed by atoms with van der Waals surface area (Å²) in [5, 5.41) is 4.74. The van der Waals surface area contributed by atoms with Gasteiger partial charge in [-0.1, -0.05) is 0 Å². The average Bonchev–Trinajstić information content (AvgIpc) is 2.61.